The van der Waals surface area contributed by atoms with Crippen LogP contribution in [0.1, 0.15) is 45.9 Å². The molecule has 1 fully saturated rings. The number of allylic oxidation sites excluding steroid dienone is 1. The molecule has 1 aliphatic heterocycles. The van der Waals surface area contributed by atoms with Gasteiger partial charge >= 0.3 is 0 Å². The average molecular weight is 380 g/mol. The molecule has 1 amide bonds. The van der Waals surface area contributed by atoms with Crippen molar-refractivity contribution in [2.75, 3.05) is 25.4 Å². The second-order valence-electron chi connectivity index (χ2n) is 7.34. The number of aromatic nitrogens is 3. The third kappa shape index (κ3) is 6.43. The summed E-state index contributed by atoms with van der Waals surface area (Å²) >= 11 is 1.45. The molecule has 0 saturated carbocycles. The third-order valence-electron chi connectivity index (χ3n) is 4.93. The number of amides is 1. The van der Waals surface area contributed by atoms with Crippen molar-refractivity contribution in [3.8, 4) is 0 Å². The van der Waals surface area contributed by atoms with E-state index in [2.05, 4.69) is 45.4 Å². The summed E-state index contributed by atoms with van der Waals surface area (Å²) in [5.41, 5.74) is 0. The molecule has 1 atom stereocenters. The largest absolute Gasteiger partial charge is 0.353 e. The Morgan fingerprint density at radius 2 is 2.00 bits per heavy atom. The lowest BCUT2D eigenvalue weighted by Gasteiger charge is -2.26. The first-order valence-corrected chi connectivity index (χ1v) is 10.7. The molecule has 1 aliphatic rings. The maximum absolute atomic E-state index is 12.1. The number of nitrogens with zero attached hydrogens (tertiary/aromatic N) is 4. The van der Waals surface area contributed by atoms with E-state index in [1.807, 2.05) is 13.0 Å². The zero-order valence-electron chi connectivity index (χ0n) is 16.4. The molecule has 0 bridgehead atoms. The monoisotopic (exact) mass is 379 g/mol. The molecule has 0 aliphatic carbocycles. The van der Waals surface area contributed by atoms with Crippen LogP contribution in [0.3, 0.4) is 0 Å². The van der Waals surface area contributed by atoms with Crippen LogP contribution < -0.4 is 5.32 Å². The molecule has 6 nitrogen and oxygen atoms in total. The summed E-state index contributed by atoms with van der Waals surface area (Å²) in [4.78, 5) is 14.6. The molecule has 1 aromatic heterocycles. The van der Waals surface area contributed by atoms with Crippen molar-refractivity contribution in [1.29, 1.82) is 0 Å². The van der Waals surface area contributed by atoms with Crippen LogP contribution in [0.25, 0.3) is 0 Å². The van der Waals surface area contributed by atoms with Crippen molar-refractivity contribution in [1.82, 2.24) is 25.0 Å². The predicted molar refractivity (Wildman–Crippen MR) is 107 cm³/mol. The minimum atomic E-state index is 0.0409. The number of hydrogen-bond acceptors (Lipinski definition) is 5. The van der Waals surface area contributed by atoms with Crippen LogP contribution in [0.5, 0.6) is 0 Å². The van der Waals surface area contributed by atoms with Gasteiger partial charge in [-0.15, -0.1) is 16.8 Å². The van der Waals surface area contributed by atoms with Gasteiger partial charge in [-0.05, 0) is 38.8 Å². The van der Waals surface area contributed by atoms with E-state index < -0.39 is 0 Å². The Bertz CT molecular complexity index is 580. The lowest BCUT2D eigenvalue weighted by molar-refractivity contribution is -0.119. The lowest BCUT2D eigenvalue weighted by Crippen LogP contribution is -2.37. The molecule has 26 heavy (non-hydrogen) atoms. The van der Waals surface area contributed by atoms with E-state index >= 15 is 0 Å². The highest BCUT2D eigenvalue weighted by molar-refractivity contribution is 7.99. The van der Waals surface area contributed by atoms with Crippen LogP contribution in [0, 0.1) is 5.92 Å². The minimum Gasteiger partial charge on any atom is -0.353 e. The Morgan fingerprint density at radius 1 is 1.27 bits per heavy atom. The number of thioether (sulfide) groups is 1. The standard InChI is InChI=1S/C19H33N5OS/c1-5-10-24-17(9-13-23-11-7-6-8-12-23)21-22-19(24)26-14-18(25)20-16(4)15(2)3/h5,15-16H,1,6-14H2,2-4H3,(H,20,25). The van der Waals surface area contributed by atoms with E-state index in [0.717, 1.165) is 23.9 Å². The van der Waals surface area contributed by atoms with Gasteiger partial charge < -0.3 is 14.8 Å². The normalized spacial score (nSPS) is 16.6. The van der Waals surface area contributed by atoms with Gasteiger partial charge in [0.05, 0.1) is 5.75 Å². The molecule has 1 saturated heterocycles. The summed E-state index contributed by atoms with van der Waals surface area (Å²) < 4.78 is 2.08. The SMILES string of the molecule is C=CCn1c(CCN2CCCCC2)nnc1SCC(=O)NC(C)C(C)C. The van der Waals surface area contributed by atoms with Crippen molar-refractivity contribution in [3.63, 3.8) is 0 Å². The number of piperidine rings is 1. The molecule has 2 rings (SSSR count). The van der Waals surface area contributed by atoms with E-state index in [-0.39, 0.29) is 11.9 Å². The van der Waals surface area contributed by atoms with Gasteiger partial charge in [-0.2, -0.15) is 0 Å². The molecule has 146 valence electrons. The molecular weight excluding hydrogens is 346 g/mol. The van der Waals surface area contributed by atoms with E-state index in [1.54, 1.807) is 0 Å². The van der Waals surface area contributed by atoms with Crippen LogP contribution >= 0.6 is 11.8 Å². The van der Waals surface area contributed by atoms with Crippen LogP contribution in [0.4, 0.5) is 0 Å². The Kier molecular flexibility index (Phi) is 8.65. The summed E-state index contributed by atoms with van der Waals surface area (Å²) in [6.07, 6.45) is 6.69. The zero-order chi connectivity index (χ0) is 18.9. The maximum Gasteiger partial charge on any atom is 0.230 e. The topological polar surface area (TPSA) is 63.1 Å². The van der Waals surface area contributed by atoms with Crippen molar-refractivity contribution in [3.05, 3.63) is 18.5 Å². The fraction of sp³-hybridized carbons (Fsp3) is 0.737. The highest BCUT2D eigenvalue weighted by atomic mass is 32.2. The molecule has 1 aromatic rings. The van der Waals surface area contributed by atoms with E-state index in [9.17, 15) is 4.79 Å². The fourth-order valence-electron chi connectivity index (χ4n) is 2.96. The van der Waals surface area contributed by atoms with Gasteiger partial charge in [-0.1, -0.05) is 38.1 Å². The molecule has 1 N–H and O–H groups in total. The van der Waals surface area contributed by atoms with Crippen LogP contribution in [0.15, 0.2) is 17.8 Å². The van der Waals surface area contributed by atoms with Crippen molar-refractivity contribution < 1.29 is 4.79 Å². The van der Waals surface area contributed by atoms with Crippen LogP contribution in [-0.2, 0) is 17.8 Å². The van der Waals surface area contributed by atoms with Gasteiger partial charge in [0, 0.05) is 25.6 Å². The van der Waals surface area contributed by atoms with Gasteiger partial charge in [-0.3, -0.25) is 4.79 Å². The van der Waals surface area contributed by atoms with Gasteiger partial charge in [0.2, 0.25) is 5.91 Å². The van der Waals surface area contributed by atoms with Gasteiger partial charge in [-0.25, -0.2) is 0 Å². The molecule has 0 aromatic carbocycles. The van der Waals surface area contributed by atoms with Crippen molar-refractivity contribution >= 4 is 17.7 Å². The number of nitrogens with one attached hydrogen (secondary N) is 1. The molecule has 7 heteroatoms. The number of likely N-dealkylation sites (tertiary alicyclic amines) is 1. The zero-order valence-corrected chi connectivity index (χ0v) is 17.2. The Balaban J connectivity index is 1.90. The number of hydrogen-bond donors (Lipinski definition) is 1. The molecule has 0 radical (unpaired) electrons. The highest BCUT2D eigenvalue weighted by Crippen LogP contribution is 2.18. The molecule has 2 heterocycles. The molecule has 0 spiro atoms. The summed E-state index contributed by atoms with van der Waals surface area (Å²) in [6.45, 7) is 14.2. The molecular formula is C19H33N5OS. The minimum absolute atomic E-state index is 0.0409. The van der Waals surface area contributed by atoms with E-state index in [1.165, 1.54) is 44.1 Å². The Morgan fingerprint density at radius 3 is 2.65 bits per heavy atom. The van der Waals surface area contributed by atoms with E-state index in [4.69, 9.17) is 0 Å². The lowest BCUT2D eigenvalue weighted by atomic mass is 10.1. The van der Waals surface area contributed by atoms with Crippen molar-refractivity contribution in [2.45, 2.75) is 64.2 Å². The predicted octanol–water partition coefficient (Wildman–Crippen LogP) is 2.75. The van der Waals surface area contributed by atoms with Gasteiger partial charge in [0.15, 0.2) is 5.16 Å². The van der Waals surface area contributed by atoms with Gasteiger partial charge in [0.25, 0.3) is 0 Å². The maximum atomic E-state index is 12.1. The first-order chi connectivity index (χ1) is 12.5. The first kappa shape index (κ1) is 21.0. The quantitative estimate of drug-likeness (QED) is 0.500. The third-order valence-corrected chi connectivity index (χ3v) is 5.89. The van der Waals surface area contributed by atoms with E-state index in [0.29, 0.717) is 18.2 Å². The summed E-state index contributed by atoms with van der Waals surface area (Å²) in [7, 11) is 0. The summed E-state index contributed by atoms with van der Waals surface area (Å²) in [5, 5.41) is 12.5. The smallest absolute Gasteiger partial charge is 0.230 e. The Hall–Kier alpha value is -1.34. The van der Waals surface area contributed by atoms with Gasteiger partial charge in [0.1, 0.15) is 5.82 Å². The number of rotatable bonds is 10. The Labute approximate surface area is 161 Å². The van der Waals surface area contributed by atoms with Crippen LogP contribution in [-0.4, -0.2) is 57.0 Å². The highest BCUT2D eigenvalue weighted by Gasteiger charge is 2.17. The fourth-order valence-corrected chi connectivity index (χ4v) is 3.73. The average Bonchev–Trinajstić information content (AvgIpc) is 3.01. The second-order valence-corrected chi connectivity index (χ2v) is 8.28. The summed E-state index contributed by atoms with van der Waals surface area (Å²) in [6, 6.07) is 0.175. The number of carbonyl (C=O) groups excluding carboxylic acids is 1. The second kappa shape index (κ2) is 10.7. The summed E-state index contributed by atoms with van der Waals surface area (Å²) in [5.74, 6) is 1.81. The van der Waals surface area contributed by atoms with Crippen LogP contribution in [0.2, 0.25) is 0 Å². The number of carbonyl (C=O) groups is 1. The first-order valence-electron chi connectivity index (χ1n) is 9.68. The van der Waals surface area contributed by atoms with Crippen molar-refractivity contribution in [2.24, 2.45) is 5.92 Å². The molecule has 1 unspecified atom stereocenters.